The van der Waals surface area contributed by atoms with E-state index in [0.29, 0.717) is 22.6 Å². The minimum atomic E-state index is -1.42. The molecule has 1 fully saturated rings. The molecular formula is C23H27N3O7. The summed E-state index contributed by atoms with van der Waals surface area (Å²) in [5.41, 5.74) is 1.83. The van der Waals surface area contributed by atoms with Gasteiger partial charge in [0.1, 0.15) is 18.3 Å². The van der Waals surface area contributed by atoms with E-state index in [0.717, 1.165) is 0 Å². The van der Waals surface area contributed by atoms with Crippen LogP contribution < -0.4 is 9.47 Å². The second kappa shape index (κ2) is 11.0. The van der Waals surface area contributed by atoms with Crippen LogP contribution in [0.1, 0.15) is 15.9 Å². The number of hydrogen-bond donors (Lipinski definition) is 3. The Kier molecular flexibility index (Phi) is 8.12. The maximum absolute atomic E-state index is 12.5. The number of carbonyl (C=O) groups excluding carboxylic acids is 1. The third-order valence-electron chi connectivity index (χ3n) is 4.80. The van der Waals surface area contributed by atoms with E-state index in [-0.39, 0.29) is 18.1 Å². The molecule has 0 bridgehead atoms. The zero-order valence-corrected chi connectivity index (χ0v) is 18.5. The first kappa shape index (κ1) is 24.3. The highest BCUT2D eigenvalue weighted by atomic mass is 16.7. The van der Waals surface area contributed by atoms with Gasteiger partial charge in [-0.1, -0.05) is 17.4 Å². The fourth-order valence-electron chi connectivity index (χ4n) is 2.99. The molecule has 0 saturated carbocycles. The number of benzene rings is 2. The maximum Gasteiger partial charge on any atom is 0.229 e. The number of aliphatic hydroxyl groups excluding tert-OH is 3. The van der Waals surface area contributed by atoms with Crippen molar-refractivity contribution in [2.75, 3.05) is 27.8 Å². The van der Waals surface area contributed by atoms with Crippen molar-refractivity contribution in [2.45, 2.75) is 24.6 Å². The smallest absolute Gasteiger partial charge is 0.229 e. The average molecular weight is 457 g/mol. The van der Waals surface area contributed by atoms with Crippen LogP contribution in [0.3, 0.4) is 0 Å². The normalized spacial score (nSPS) is 23.1. The molecule has 3 N–H and O–H groups in total. The number of ketones is 1. The highest BCUT2D eigenvalue weighted by Crippen LogP contribution is 2.31. The third-order valence-corrected chi connectivity index (χ3v) is 4.80. The first-order chi connectivity index (χ1) is 15.8. The van der Waals surface area contributed by atoms with Crippen LogP contribution in [-0.2, 0) is 4.74 Å². The summed E-state index contributed by atoms with van der Waals surface area (Å²) in [6.07, 6.45) is -2.08. The number of rotatable bonds is 8. The number of hydrogen-bond acceptors (Lipinski definition) is 9. The number of allylic oxidation sites excluding steroid dienone is 1. The number of carbonyl (C=O) groups is 1. The monoisotopic (exact) mass is 457 g/mol. The predicted molar refractivity (Wildman–Crippen MR) is 119 cm³/mol. The molecule has 0 aliphatic carbocycles. The predicted octanol–water partition coefficient (Wildman–Crippen LogP) is 1.97. The number of methoxy groups -OCH3 is 1. The molecule has 2 aromatic carbocycles. The van der Waals surface area contributed by atoms with E-state index in [1.54, 1.807) is 67.6 Å². The SMILES string of the molecule is COc1cc(/C=C/C(=O)c2ccc(N=NN(C)C)cc2)ccc1O[C@H]1OC[C@H](O)[C@@H](O)[C@@H]1O. The average Bonchev–Trinajstić information content (AvgIpc) is 2.82. The van der Waals surface area contributed by atoms with Gasteiger partial charge in [-0.25, -0.2) is 0 Å². The molecule has 0 unspecified atom stereocenters. The van der Waals surface area contributed by atoms with Crippen LogP contribution in [0.2, 0.25) is 0 Å². The lowest BCUT2D eigenvalue weighted by Gasteiger charge is -2.35. The minimum Gasteiger partial charge on any atom is -0.493 e. The van der Waals surface area contributed by atoms with Gasteiger partial charge in [0.05, 0.1) is 19.4 Å². The lowest BCUT2D eigenvalue weighted by atomic mass is 10.1. The first-order valence-corrected chi connectivity index (χ1v) is 10.2. The van der Waals surface area contributed by atoms with Gasteiger partial charge in [0, 0.05) is 19.7 Å². The topological polar surface area (TPSA) is 133 Å². The molecule has 4 atom stereocenters. The standard InChI is InChI=1S/C23H27N3O7/c1-26(2)25-24-16-8-6-15(7-9-16)17(27)10-4-14-5-11-19(20(12-14)31-3)33-23-22(30)21(29)18(28)13-32-23/h4-12,18,21-23,28-30H,13H2,1-3H3/b10-4+,25-24?/t18-,21+,22-,23+/m0/s1. The number of ether oxygens (including phenoxy) is 3. The molecule has 0 radical (unpaired) electrons. The Bertz CT molecular complexity index is 1010. The van der Waals surface area contributed by atoms with Crippen molar-refractivity contribution in [3.63, 3.8) is 0 Å². The second-order valence-electron chi connectivity index (χ2n) is 7.56. The largest absolute Gasteiger partial charge is 0.493 e. The van der Waals surface area contributed by atoms with Crippen molar-refractivity contribution in [1.29, 1.82) is 0 Å². The summed E-state index contributed by atoms with van der Waals surface area (Å²) in [6, 6.07) is 11.7. The summed E-state index contributed by atoms with van der Waals surface area (Å²) < 4.78 is 16.2. The van der Waals surface area contributed by atoms with Gasteiger partial charge in [-0.05, 0) is 48.0 Å². The van der Waals surface area contributed by atoms with Crippen LogP contribution in [0.15, 0.2) is 58.9 Å². The van der Waals surface area contributed by atoms with Gasteiger partial charge in [-0.2, -0.15) is 0 Å². The van der Waals surface area contributed by atoms with E-state index in [2.05, 4.69) is 10.3 Å². The van der Waals surface area contributed by atoms with Crippen molar-refractivity contribution in [2.24, 2.45) is 10.3 Å². The van der Waals surface area contributed by atoms with E-state index in [9.17, 15) is 20.1 Å². The molecule has 1 aliphatic heterocycles. The number of aliphatic hydroxyl groups is 3. The minimum absolute atomic E-state index is 0.173. The maximum atomic E-state index is 12.5. The van der Waals surface area contributed by atoms with E-state index in [1.165, 1.54) is 13.2 Å². The van der Waals surface area contributed by atoms with Gasteiger partial charge in [0.25, 0.3) is 0 Å². The van der Waals surface area contributed by atoms with Crippen molar-refractivity contribution in [3.8, 4) is 11.5 Å². The van der Waals surface area contributed by atoms with Crippen molar-refractivity contribution < 1.29 is 34.3 Å². The zero-order valence-electron chi connectivity index (χ0n) is 18.5. The number of nitrogens with zero attached hydrogens (tertiary/aromatic N) is 3. The third kappa shape index (κ3) is 6.36. The molecule has 33 heavy (non-hydrogen) atoms. The molecule has 1 saturated heterocycles. The Labute approximate surface area is 191 Å². The second-order valence-corrected chi connectivity index (χ2v) is 7.56. The molecule has 0 spiro atoms. The summed E-state index contributed by atoms with van der Waals surface area (Å²) in [5, 5.41) is 38.9. The zero-order chi connectivity index (χ0) is 24.0. The first-order valence-electron chi connectivity index (χ1n) is 10.2. The molecule has 0 amide bonds. The summed E-state index contributed by atoms with van der Waals surface area (Å²) in [7, 11) is 4.98. The molecule has 2 aromatic rings. The van der Waals surface area contributed by atoms with Gasteiger partial charge in [0.15, 0.2) is 17.3 Å². The molecule has 10 nitrogen and oxygen atoms in total. The highest BCUT2D eigenvalue weighted by molar-refractivity contribution is 6.06. The van der Waals surface area contributed by atoms with E-state index in [1.807, 2.05) is 0 Å². The highest BCUT2D eigenvalue weighted by Gasteiger charge is 2.39. The Morgan fingerprint density at radius 1 is 1.09 bits per heavy atom. The fourth-order valence-corrected chi connectivity index (χ4v) is 2.99. The molecule has 10 heteroatoms. The van der Waals surface area contributed by atoms with Gasteiger partial charge < -0.3 is 29.5 Å². The summed E-state index contributed by atoms with van der Waals surface area (Å²) in [5.74, 6) is 0.435. The van der Waals surface area contributed by atoms with E-state index < -0.39 is 24.6 Å². The molecular weight excluding hydrogens is 430 g/mol. The van der Waals surface area contributed by atoms with Crippen LogP contribution in [0, 0.1) is 0 Å². The van der Waals surface area contributed by atoms with Crippen molar-refractivity contribution in [1.82, 2.24) is 5.01 Å². The Hall–Kier alpha value is -3.31. The lowest BCUT2D eigenvalue weighted by Crippen LogP contribution is -2.54. The molecule has 0 aromatic heterocycles. The Morgan fingerprint density at radius 2 is 1.82 bits per heavy atom. The van der Waals surface area contributed by atoms with Crippen LogP contribution >= 0.6 is 0 Å². The summed E-state index contributed by atoms with van der Waals surface area (Å²) in [4.78, 5) is 12.5. The van der Waals surface area contributed by atoms with Gasteiger partial charge >= 0.3 is 0 Å². The van der Waals surface area contributed by atoms with Crippen LogP contribution in [0.4, 0.5) is 5.69 Å². The fraction of sp³-hybridized carbons (Fsp3) is 0.348. The van der Waals surface area contributed by atoms with Gasteiger partial charge in [-0.3, -0.25) is 9.80 Å². The Morgan fingerprint density at radius 3 is 2.48 bits per heavy atom. The van der Waals surface area contributed by atoms with E-state index >= 15 is 0 Å². The lowest BCUT2D eigenvalue weighted by molar-refractivity contribution is -0.242. The van der Waals surface area contributed by atoms with Crippen LogP contribution in [0.25, 0.3) is 6.08 Å². The van der Waals surface area contributed by atoms with Crippen LogP contribution in [-0.4, -0.2) is 78.5 Å². The molecule has 3 rings (SSSR count). The summed E-state index contributed by atoms with van der Waals surface area (Å²) in [6.45, 7) is -0.173. The van der Waals surface area contributed by atoms with E-state index in [4.69, 9.17) is 14.2 Å². The van der Waals surface area contributed by atoms with Crippen molar-refractivity contribution in [3.05, 3.63) is 59.7 Å². The van der Waals surface area contributed by atoms with Crippen LogP contribution in [0.5, 0.6) is 11.5 Å². The quantitative estimate of drug-likeness (QED) is 0.237. The molecule has 1 aliphatic rings. The summed E-state index contributed by atoms with van der Waals surface area (Å²) >= 11 is 0. The van der Waals surface area contributed by atoms with Gasteiger partial charge in [-0.15, -0.1) is 5.11 Å². The molecule has 1 heterocycles. The van der Waals surface area contributed by atoms with Crippen molar-refractivity contribution >= 4 is 17.5 Å². The van der Waals surface area contributed by atoms with Gasteiger partial charge in [0.2, 0.25) is 6.29 Å². The molecule has 176 valence electrons. The Balaban J connectivity index is 1.67.